The molecule has 2 N–H and O–H groups in total. The van der Waals surface area contributed by atoms with Crippen molar-refractivity contribution in [3.05, 3.63) is 53.6 Å². The van der Waals surface area contributed by atoms with E-state index in [0.29, 0.717) is 11.7 Å². The van der Waals surface area contributed by atoms with Crippen LogP contribution in [0.2, 0.25) is 0 Å². The van der Waals surface area contributed by atoms with Crippen LogP contribution in [0.25, 0.3) is 16.7 Å². The molecule has 0 bridgehead atoms. The van der Waals surface area contributed by atoms with Gasteiger partial charge in [0.05, 0.1) is 18.2 Å². The van der Waals surface area contributed by atoms with Crippen molar-refractivity contribution in [1.29, 1.82) is 0 Å². The van der Waals surface area contributed by atoms with E-state index in [1.54, 1.807) is 13.2 Å². The number of allylic oxidation sites excluding steroid dienone is 3. The van der Waals surface area contributed by atoms with Crippen LogP contribution < -0.4 is 14.8 Å². The zero-order chi connectivity index (χ0) is 21.0. The van der Waals surface area contributed by atoms with Crippen LogP contribution in [0, 0.1) is 5.92 Å². The number of hydrogen-bond donors (Lipinski definition) is 2. The average Bonchev–Trinajstić information content (AvgIpc) is 2.72. The summed E-state index contributed by atoms with van der Waals surface area (Å²) in [6.45, 7) is 6.57. The maximum Gasteiger partial charge on any atom is 0.172 e. The molecule has 2 aliphatic heterocycles. The van der Waals surface area contributed by atoms with E-state index in [2.05, 4.69) is 56.4 Å². The summed E-state index contributed by atoms with van der Waals surface area (Å²) >= 11 is 0. The molecule has 2 atom stereocenters. The first-order valence-corrected chi connectivity index (χ1v) is 10.8. The fourth-order valence-corrected chi connectivity index (χ4v) is 5.39. The number of benzene rings is 2. The highest BCUT2D eigenvalue weighted by atomic mass is 16.5. The fraction of sp³-hybridized carbons (Fsp3) is 0.385. The third kappa shape index (κ3) is 2.89. The molecule has 2 heterocycles. The quantitative estimate of drug-likeness (QED) is 0.565. The number of phenolic OH excluding ortho intramolecular Hbond substituents is 1. The van der Waals surface area contributed by atoms with Crippen LogP contribution in [0.3, 0.4) is 0 Å². The van der Waals surface area contributed by atoms with Crippen LogP contribution in [-0.2, 0) is 0 Å². The smallest absolute Gasteiger partial charge is 0.172 e. The van der Waals surface area contributed by atoms with E-state index in [9.17, 15) is 5.11 Å². The van der Waals surface area contributed by atoms with Crippen LogP contribution in [0.15, 0.2) is 42.5 Å². The highest BCUT2D eigenvalue weighted by molar-refractivity contribution is 5.92. The summed E-state index contributed by atoms with van der Waals surface area (Å²) in [6, 6.07) is 7.84. The molecule has 30 heavy (non-hydrogen) atoms. The van der Waals surface area contributed by atoms with Gasteiger partial charge in [-0.15, -0.1) is 0 Å². The second-order valence-electron chi connectivity index (χ2n) is 9.20. The van der Waals surface area contributed by atoms with Gasteiger partial charge in [-0.3, -0.25) is 0 Å². The molecule has 4 heteroatoms. The normalized spacial score (nSPS) is 23.3. The molecule has 0 aromatic heterocycles. The summed E-state index contributed by atoms with van der Waals surface area (Å²) < 4.78 is 12.3. The molecular weight excluding hydrogens is 374 g/mol. The Kier molecular flexibility index (Phi) is 4.35. The van der Waals surface area contributed by atoms with Crippen LogP contribution in [0.5, 0.6) is 17.2 Å². The van der Waals surface area contributed by atoms with Crippen molar-refractivity contribution >= 4 is 11.3 Å². The summed E-state index contributed by atoms with van der Waals surface area (Å²) in [4.78, 5) is 0. The minimum atomic E-state index is -0.0994. The van der Waals surface area contributed by atoms with Crippen LogP contribution in [-0.4, -0.2) is 17.8 Å². The molecule has 0 fully saturated rings. The van der Waals surface area contributed by atoms with Gasteiger partial charge < -0.3 is 19.9 Å². The predicted octanol–water partition coefficient (Wildman–Crippen LogP) is 6.47. The topological polar surface area (TPSA) is 50.7 Å². The van der Waals surface area contributed by atoms with Crippen LogP contribution in [0.1, 0.15) is 57.3 Å². The number of methoxy groups -OCH3 is 1. The molecule has 2 aromatic carbocycles. The predicted molar refractivity (Wildman–Crippen MR) is 121 cm³/mol. The monoisotopic (exact) mass is 403 g/mol. The third-order valence-corrected chi connectivity index (χ3v) is 6.52. The molecule has 156 valence electrons. The van der Waals surface area contributed by atoms with Gasteiger partial charge in [0.1, 0.15) is 11.9 Å². The summed E-state index contributed by atoms with van der Waals surface area (Å²) in [7, 11) is 1.60. The highest BCUT2D eigenvalue weighted by Crippen LogP contribution is 2.56. The van der Waals surface area contributed by atoms with Gasteiger partial charge in [-0.2, -0.15) is 0 Å². The first kappa shape index (κ1) is 19.1. The summed E-state index contributed by atoms with van der Waals surface area (Å²) in [5.41, 5.74) is 6.67. The first-order valence-electron chi connectivity index (χ1n) is 10.8. The van der Waals surface area contributed by atoms with Gasteiger partial charge in [0.2, 0.25) is 0 Å². The Morgan fingerprint density at radius 1 is 1.13 bits per heavy atom. The third-order valence-electron chi connectivity index (χ3n) is 6.52. The lowest BCUT2D eigenvalue weighted by Crippen LogP contribution is -2.33. The van der Waals surface area contributed by atoms with Gasteiger partial charge in [0.15, 0.2) is 11.5 Å². The Morgan fingerprint density at radius 3 is 2.70 bits per heavy atom. The standard InChI is InChI=1S/C26H29NO3/c1-15-14-26(2,3)27-18-11-10-17-22-20(13-12-19(28)25(22)29-4)30-24(23(17)21(15)18)16-8-6-5-7-9-16/h5-6,10-14,16,24,27-28H,7-9H2,1-4H3. The largest absolute Gasteiger partial charge is 0.504 e. The second-order valence-corrected chi connectivity index (χ2v) is 9.20. The average molecular weight is 404 g/mol. The number of fused-ring (bicyclic) bond motifs is 5. The Balaban J connectivity index is 1.79. The molecule has 0 amide bonds. The number of rotatable bonds is 2. The Hall–Kier alpha value is -2.88. The number of anilines is 1. The van der Waals surface area contributed by atoms with Crippen molar-refractivity contribution in [3.63, 3.8) is 0 Å². The fourth-order valence-electron chi connectivity index (χ4n) is 5.39. The Labute approximate surface area is 178 Å². The van der Waals surface area contributed by atoms with Crippen molar-refractivity contribution in [2.45, 2.75) is 51.7 Å². The van der Waals surface area contributed by atoms with Crippen LogP contribution >= 0.6 is 0 Å². The van der Waals surface area contributed by atoms with E-state index in [4.69, 9.17) is 9.47 Å². The van der Waals surface area contributed by atoms with Gasteiger partial charge in [0.25, 0.3) is 0 Å². The SMILES string of the molecule is COc1c(O)ccc2c1-c1ccc3c(c1C(C1CC=CCC1)O2)C(C)=CC(C)(C)N3. The second kappa shape index (κ2) is 6.83. The zero-order valence-corrected chi connectivity index (χ0v) is 18.1. The maximum atomic E-state index is 10.5. The number of hydrogen-bond acceptors (Lipinski definition) is 4. The zero-order valence-electron chi connectivity index (χ0n) is 18.1. The van der Waals surface area contributed by atoms with E-state index >= 15 is 0 Å². The summed E-state index contributed by atoms with van der Waals surface area (Å²) in [6.07, 6.45) is 10.0. The molecule has 0 radical (unpaired) electrons. The van der Waals surface area contributed by atoms with E-state index in [1.165, 1.54) is 16.7 Å². The van der Waals surface area contributed by atoms with E-state index in [0.717, 1.165) is 41.8 Å². The van der Waals surface area contributed by atoms with Crippen molar-refractivity contribution in [2.24, 2.45) is 5.92 Å². The highest BCUT2D eigenvalue weighted by Gasteiger charge is 2.38. The van der Waals surface area contributed by atoms with Gasteiger partial charge in [0, 0.05) is 22.7 Å². The molecular formula is C26H29NO3. The number of phenols is 1. The lowest BCUT2D eigenvalue weighted by Gasteiger charge is -2.40. The van der Waals surface area contributed by atoms with Crippen molar-refractivity contribution in [3.8, 4) is 28.4 Å². The molecule has 0 saturated carbocycles. The Bertz CT molecular complexity index is 1080. The van der Waals surface area contributed by atoms with E-state index in [-0.39, 0.29) is 17.4 Å². The van der Waals surface area contributed by atoms with Gasteiger partial charge in [-0.05, 0) is 69.4 Å². The number of aromatic hydroxyl groups is 1. The van der Waals surface area contributed by atoms with Crippen molar-refractivity contribution in [2.75, 3.05) is 12.4 Å². The van der Waals surface area contributed by atoms with Gasteiger partial charge >= 0.3 is 0 Å². The van der Waals surface area contributed by atoms with Crippen molar-refractivity contribution in [1.82, 2.24) is 0 Å². The molecule has 2 unspecified atom stereocenters. The lowest BCUT2D eigenvalue weighted by molar-refractivity contribution is 0.124. The van der Waals surface area contributed by atoms with E-state index < -0.39 is 0 Å². The molecule has 1 aliphatic carbocycles. The minimum absolute atomic E-state index is 0.0342. The minimum Gasteiger partial charge on any atom is -0.504 e. The van der Waals surface area contributed by atoms with Crippen LogP contribution in [0.4, 0.5) is 5.69 Å². The molecule has 5 rings (SSSR count). The molecule has 3 aliphatic rings. The summed E-state index contributed by atoms with van der Waals surface area (Å²) in [5, 5.41) is 14.1. The van der Waals surface area contributed by atoms with Gasteiger partial charge in [-0.25, -0.2) is 0 Å². The van der Waals surface area contributed by atoms with Crippen molar-refractivity contribution < 1.29 is 14.6 Å². The maximum absolute atomic E-state index is 10.5. The first-order chi connectivity index (χ1) is 14.4. The molecule has 4 nitrogen and oxygen atoms in total. The molecule has 0 spiro atoms. The molecule has 2 aromatic rings. The summed E-state index contributed by atoms with van der Waals surface area (Å²) in [5.74, 6) is 1.80. The number of ether oxygens (including phenoxy) is 2. The van der Waals surface area contributed by atoms with Gasteiger partial charge in [-0.1, -0.05) is 24.3 Å². The van der Waals surface area contributed by atoms with E-state index in [1.807, 2.05) is 6.07 Å². The lowest BCUT2D eigenvalue weighted by atomic mass is 9.76. The number of nitrogens with one attached hydrogen (secondary N) is 1. The molecule has 0 saturated heterocycles. The Morgan fingerprint density at radius 2 is 1.97 bits per heavy atom.